The number of halogens is 1. The van der Waals surface area contributed by atoms with E-state index >= 15 is 0 Å². The summed E-state index contributed by atoms with van der Waals surface area (Å²) >= 11 is 2.43. The smallest absolute Gasteiger partial charge is 0.161 e. The second-order valence-corrected chi connectivity index (χ2v) is 9.11. The Kier molecular flexibility index (Phi) is 7.76. The van der Waals surface area contributed by atoms with Crippen LogP contribution in [0, 0.1) is 5.82 Å². The van der Waals surface area contributed by atoms with Crippen LogP contribution in [0.5, 0.6) is 5.75 Å². The molecular formula is C22H27FN6O2S2. The minimum atomic E-state index is -0.362. The third kappa shape index (κ3) is 5.80. The van der Waals surface area contributed by atoms with Gasteiger partial charge in [0, 0.05) is 43.3 Å². The summed E-state index contributed by atoms with van der Waals surface area (Å²) in [4.78, 5) is 6.38. The van der Waals surface area contributed by atoms with Gasteiger partial charge in [0.1, 0.15) is 23.8 Å². The van der Waals surface area contributed by atoms with Crippen molar-refractivity contribution in [3.05, 3.63) is 53.1 Å². The van der Waals surface area contributed by atoms with Gasteiger partial charge < -0.3 is 20.3 Å². The SMILES string of the molecule is CNC1CCN(c2cc(OC)ccc2Nc2ccc(N(C)SONc3cscn3)c(F)c2)C1. The summed E-state index contributed by atoms with van der Waals surface area (Å²) in [6.45, 7) is 1.85. The summed E-state index contributed by atoms with van der Waals surface area (Å²) in [5, 5.41) is 8.53. The quantitative estimate of drug-likeness (QED) is 0.210. The standard InChI is InChI=1S/C22H27FN6O2S2/c1-24-16-8-9-29(12-16)21-11-17(30-3)5-6-19(21)26-15-4-7-20(18(23)10-15)28(2)33-31-27-22-13-32-14-25-22/h4-7,10-11,13-14,16,24,26-27H,8-9,12H2,1-3H3. The molecule has 0 bridgehead atoms. The van der Waals surface area contributed by atoms with Gasteiger partial charge in [-0.3, -0.25) is 4.31 Å². The number of ether oxygens (including phenoxy) is 1. The average Bonchev–Trinajstić information content (AvgIpc) is 3.51. The van der Waals surface area contributed by atoms with Crippen molar-refractivity contribution in [2.75, 3.05) is 54.3 Å². The van der Waals surface area contributed by atoms with Gasteiger partial charge in [-0.25, -0.2) is 14.9 Å². The van der Waals surface area contributed by atoms with Crippen LogP contribution < -0.4 is 30.1 Å². The third-order valence-electron chi connectivity index (χ3n) is 5.44. The second-order valence-electron chi connectivity index (χ2n) is 7.53. The third-order valence-corrected chi connectivity index (χ3v) is 6.60. The van der Waals surface area contributed by atoms with Crippen molar-refractivity contribution < 1.29 is 13.4 Å². The number of nitrogens with zero attached hydrogens (tertiary/aromatic N) is 3. The molecule has 3 N–H and O–H groups in total. The molecule has 0 saturated carbocycles. The van der Waals surface area contributed by atoms with Crippen LogP contribution in [-0.2, 0) is 4.28 Å². The van der Waals surface area contributed by atoms with Crippen LogP contribution in [0.1, 0.15) is 6.42 Å². The number of anilines is 5. The van der Waals surface area contributed by atoms with Gasteiger partial charge in [-0.1, -0.05) is 0 Å². The fourth-order valence-electron chi connectivity index (χ4n) is 3.64. The van der Waals surface area contributed by atoms with Gasteiger partial charge >= 0.3 is 0 Å². The highest BCUT2D eigenvalue weighted by Gasteiger charge is 2.23. The maximum atomic E-state index is 14.9. The van der Waals surface area contributed by atoms with Gasteiger partial charge in [0.2, 0.25) is 0 Å². The highest BCUT2D eigenvalue weighted by molar-refractivity contribution is 7.96. The lowest BCUT2D eigenvalue weighted by Gasteiger charge is -2.24. The molecule has 8 nitrogen and oxygen atoms in total. The van der Waals surface area contributed by atoms with E-state index in [4.69, 9.17) is 9.02 Å². The van der Waals surface area contributed by atoms with Crippen molar-refractivity contribution in [1.29, 1.82) is 0 Å². The number of likely N-dealkylation sites (N-methyl/N-ethyl adjacent to an activating group) is 1. The molecule has 0 aliphatic carbocycles. The van der Waals surface area contributed by atoms with Crippen molar-refractivity contribution in [3.8, 4) is 5.75 Å². The van der Waals surface area contributed by atoms with E-state index in [1.807, 2.05) is 36.7 Å². The Balaban J connectivity index is 1.45. The predicted octanol–water partition coefficient (Wildman–Crippen LogP) is 4.88. The van der Waals surface area contributed by atoms with E-state index < -0.39 is 0 Å². The van der Waals surface area contributed by atoms with Crippen LogP contribution in [0.2, 0.25) is 0 Å². The number of hydrogen-bond donors (Lipinski definition) is 3. The molecular weight excluding hydrogens is 463 g/mol. The number of aromatic nitrogens is 1. The largest absolute Gasteiger partial charge is 0.497 e. The van der Waals surface area contributed by atoms with Gasteiger partial charge in [-0.15, -0.1) is 11.3 Å². The van der Waals surface area contributed by atoms with Crippen molar-refractivity contribution in [3.63, 3.8) is 0 Å². The van der Waals surface area contributed by atoms with Crippen molar-refractivity contribution in [2.24, 2.45) is 0 Å². The van der Waals surface area contributed by atoms with E-state index in [1.165, 1.54) is 17.4 Å². The molecule has 11 heteroatoms. The summed E-state index contributed by atoms with van der Waals surface area (Å²) in [6, 6.07) is 11.4. The Labute approximate surface area is 201 Å². The molecule has 176 valence electrons. The first-order chi connectivity index (χ1) is 16.1. The molecule has 1 aromatic heterocycles. The number of methoxy groups -OCH3 is 1. The lowest BCUT2D eigenvalue weighted by Crippen LogP contribution is -2.29. The lowest BCUT2D eigenvalue weighted by atomic mass is 10.2. The zero-order valence-electron chi connectivity index (χ0n) is 18.7. The zero-order valence-corrected chi connectivity index (χ0v) is 20.3. The number of rotatable bonds is 10. The molecule has 4 rings (SSSR count). The molecule has 1 aliphatic heterocycles. The molecule has 1 unspecified atom stereocenters. The molecule has 1 saturated heterocycles. The molecule has 0 amide bonds. The molecule has 2 aromatic carbocycles. The summed E-state index contributed by atoms with van der Waals surface area (Å²) in [5.74, 6) is 1.03. The average molecular weight is 491 g/mol. The van der Waals surface area contributed by atoms with E-state index in [0.29, 0.717) is 23.2 Å². The highest BCUT2D eigenvalue weighted by atomic mass is 32.2. The molecule has 1 fully saturated rings. The maximum absolute atomic E-state index is 14.9. The van der Waals surface area contributed by atoms with Crippen LogP contribution in [0.25, 0.3) is 0 Å². The fourth-order valence-corrected chi connectivity index (χ4v) is 4.57. The van der Waals surface area contributed by atoms with Gasteiger partial charge in [0.15, 0.2) is 5.82 Å². The first-order valence-corrected chi connectivity index (χ1v) is 12.1. The molecule has 3 aromatic rings. The van der Waals surface area contributed by atoms with E-state index in [-0.39, 0.29) is 5.82 Å². The van der Waals surface area contributed by atoms with Crippen LogP contribution in [0.15, 0.2) is 47.3 Å². The zero-order chi connectivity index (χ0) is 23.2. The van der Waals surface area contributed by atoms with Crippen LogP contribution in [-0.4, -0.2) is 45.3 Å². The number of hydrogen-bond acceptors (Lipinski definition) is 10. The van der Waals surface area contributed by atoms with Crippen molar-refractivity contribution in [2.45, 2.75) is 12.5 Å². The Morgan fingerprint density at radius 1 is 1.27 bits per heavy atom. The summed E-state index contributed by atoms with van der Waals surface area (Å²) in [7, 11) is 5.37. The normalized spacial score (nSPS) is 15.5. The first-order valence-electron chi connectivity index (χ1n) is 10.5. The van der Waals surface area contributed by atoms with E-state index in [9.17, 15) is 4.39 Å². The predicted molar refractivity (Wildman–Crippen MR) is 135 cm³/mol. The van der Waals surface area contributed by atoms with Gasteiger partial charge in [-0.05, 0) is 43.8 Å². The van der Waals surface area contributed by atoms with E-state index in [2.05, 4.69) is 26.0 Å². The first kappa shape index (κ1) is 23.4. The summed E-state index contributed by atoms with van der Waals surface area (Å²) in [6.07, 6.45) is 1.07. The number of benzene rings is 2. The van der Waals surface area contributed by atoms with Crippen LogP contribution in [0.3, 0.4) is 0 Å². The van der Waals surface area contributed by atoms with Gasteiger partial charge in [0.25, 0.3) is 0 Å². The number of thiazole rings is 1. The molecule has 0 radical (unpaired) electrons. The van der Waals surface area contributed by atoms with Crippen LogP contribution >= 0.6 is 23.6 Å². The van der Waals surface area contributed by atoms with Crippen molar-refractivity contribution >= 4 is 52.1 Å². The van der Waals surface area contributed by atoms with Crippen LogP contribution in [0.4, 0.5) is 33.0 Å². The van der Waals surface area contributed by atoms with E-state index in [1.54, 1.807) is 30.0 Å². The maximum Gasteiger partial charge on any atom is 0.161 e. The minimum Gasteiger partial charge on any atom is -0.497 e. The molecule has 1 aliphatic rings. The van der Waals surface area contributed by atoms with E-state index in [0.717, 1.165) is 48.9 Å². The highest BCUT2D eigenvalue weighted by Crippen LogP contribution is 2.36. The molecule has 0 spiro atoms. The minimum absolute atomic E-state index is 0.362. The molecule has 2 heterocycles. The molecule has 1 atom stereocenters. The topological polar surface area (TPSA) is 73.9 Å². The lowest BCUT2D eigenvalue weighted by molar-refractivity contribution is 0.415. The summed E-state index contributed by atoms with van der Waals surface area (Å²) in [5.41, 5.74) is 7.40. The van der Waals surface area contributed by atoms with Crippen molar-refractivity contribution in [1.82, 2.24) is 10.3 Å². The monoisotopic (exact) mass is 490 g/mol. The molecule has 33 heavy (non-hydrogen) atoms. The summed E-state index contributed by atoms with van der Waals surface area (Å²) < 4.78 is 27.2. The van der Waals surface area contributed by atoms with Gasteiger partial charge in [0.05, 0.1) is 29.7 Å². The Morgan fingerprint density at radius 2 is 2.15 bits per heavy atom. The Bertz CT molecular complexity index is 1060. The Morgan fingerprint density at radius 3 is 2.85 bits per heavy atom. The fraction of sp³-hybridized carbons (Fsp3) is 0.318. The Hall–Kier alpha value is -2.73. The number of nitrogens with one attached hydrogen (secondary N) is 3. The second kappa shape index (κ2) is 10.9. The van der Waals surface area contributed by atoms with Gasteiger partial charge in [-0.2, -0.15) is 4.28 Å².